The van der Waals surface area contributed by atoms with E-state index in [1.54, 1.807) is 31.4 Å². The van der Waals surface area contributed by atoms with E-state index >= 15 is 0 Å². The molecule has 0 spiro atoms. The number of rotatable bonds is 8. The molecule has 2 heterocycles. The van der Waals surface area contributed by atoms with Gasteiger partial charge in [-0.15, -0.1) is 10.2 Å². The maximum atomic E-state index is 13.2. The van der Waals surface area contributed by atoms with Gasteiger partial charge in [-0.1, -0.05) is 0 Å². The second-order valence-corrected chi connectivity index (χ2v) is 10.3. The highest BCUT2D eigenvalue weighted by Gasteiger charge is 2.33. The Labute approximate surface area is 217 Å². The first-order valence-electron chi connectivity index (χ1n) is 11.3. The summed E-state index contributed by atoms with van der Waals surface area (Å²) in [5.41, 5.74) is -0.0706. The van der Waals surface area contributed by atoms with Crippen LogP contribution < -0.4 is 14.4 Å². The molecule has 1 aliphatic heterocycles. The topological polar surface area (TPSA) is 171 Å². The summed E-state index contributed by atoms with van der Waals surface area (Å²) in [6, 6.07) is 10.7. The van der Waals surface area contributed by atoms with Gasteiger partial charge in [-0.2, -0.15) is 4.31 Å². The molecule has 1 aliphatic rings. The molecule has 3 aromatic rings. The van der Waals surface area contributed by atoms with Crippen LogP contribution in [0.25, 0.3) is 11.3 Å². The van der Waals surface area contributed by atoms with Crippen molar-refractivity contribution in [1.29, 1.82) is 0 Å². The van der Waals surface area contributed by atoms with Crippen LogP contribution in [0.2, 0.25) is 0 Å². The van der Waals surface area contributed by atoms with Gasteiger partial charge in [-0.05, 0) is 37.3 Å². The van der Waals surface area contributed by atoms with Crippen molar-refractivity contribution < 1.29 is 27.7 Å². The van der Waals surface area contributed by atoms with Crippen LogP contribution in [0.1, 0.15) is 5.56 Å². The van der Waals surface area contributed by atoms with Crippen molar-refractivity contribution in [2.24, 2.45) is 0 Å². The van der Waals surface area contributed by atoms with E-state index in [-0.39, 0.29) is 31.7 Å². The number of hydrogen-bond donors (Lipinski definition) is 0. The largest absolute Gasteiger partial charge is 0.493 e. The Bertz CT molecular complexity index is 1450. The molecule has 2 aromatic carbocycles. The van der Waals surface area contributed by atoms with Gasteiger partial charge in [-0.25, -0.2) is 8.42 Å². The van der Waals surface area contributed by atoms with Crippen LogP contribution >= 0.6 is 0 Å². The summed E-state index contributed by atoms with van der Waals surface area (Å²) < 4.78 is 38.1. The molecular formula is C23H24N6O8S. The zero-order chi connectivity index (χ0) is 27.6. The molecule has 0 unspecified atom stereocenters. The Balaban J connectivity index is 1.50. The number of hydrogen-bond acceptors (Lipinski definition) is 11. The summed E-state index contributed by atoms with van der Waals surface area (Å²) in [5, 5.41) is 31.3. The Kier molecular flexibility index (Phi) is 7.41. The van der Waals surface area contributed by atoms with Gasteiger partial charge in [0.2, 0.25) is 10.0 Å². The maximum Gasteiger partial charge on any atom is 0.280 e. The van der Waals surface area contributed by atoms with Crippen LogP contribution in [0, 0.1) is 27.2 Å². The molecule has 4 rings (SSSR count). The summed E-state index contributed by atoms with van der Waals surface area (Å²) in [6.07, 6.45) is 0. The predicted octanol–water partition coefficient (Wildman–Crippen LogP) is 2.80. The van der Waals surface area contributed by atoms with Crippen molar-refractivity contribution in [1.82, 2.24) is 14.5 Å². The SMILES string of the molecule is COc1ccc(-c2ccc(N3CCN(S(=O)(=O)c4cc([N+](=O)[O-])c(C)c([N+](=O)[O-])c4)CC3)nn2)cc1OC. The molecule has 14 nitrogen and oxygen atoms in total. The van der Waals surface area contributed by atoms with Gasteiger partial charge in [0.05, 0.1) is 34.7 Å². The lowest BCUT2D eigenvalue weighted by Gasteiger charge is -2.34. The monoisotopic (exact) mass is 544 g/mol. The number of piperazine rings is 1. The second-order valence-electron chi connectivity index (χ2n) is 8.34. The lowest BCUT2D eigenvalue weighted by molar-refractivity contribution is -0.395. The van der Waals surface area contributed by atoms with E-state index in [1.807, 2.05) is 11.0 Å². The Hall–Kier alpha value is -4.37. The summed E-state index contributed by atoms with van der Waals surface area (Å²) in [7, 11) is -1.13. The third-order valence-electron chi connectivity index (χ3n) is 6.25. The molecule has 1 fully saturated rings. The first-order chi connectivity index (χ1) is 18.1. The number of nitro benzene ring substituents is 2. The van der Waals surface area contributed by atoms with Crippen LogP contribution in [0.4, 0.5) is 17.2 Å². The highest BCUT2D eigenvalue weighted by molar-refractivity contribution is 7.89. The summed E-state index contributed by atoms with van der Waals surface area (Å²) in [6.45, 7) is 1.87. The van der Waals surface area contributed by atoms with Crippen molar-refractivity contribution in [3.63, 3.8) is 0 Å². The third kappa shape index (κ3) is 5.05. The van der Waals surface area contributed by atoms with Crippen molar-refractivity contribution in [2.75, 3.05) is 45.3 Å². The Morgan fingerprint density at radius 1 is 0.842 bits per heavy atom. The van der Waals surface area contributed by atoms with Crippen LogP contribution in [-0.4, -0.2) is 73.2 Å². The zero-order valence-corrected chi connectivity index (χ0v) is 21.5. The Morgan fingerprint density at radius 3 is 1.95 bits per heavy atom. The van der Waals surface area contributed by atoms with Crippen molar-refractivity contribution in [3.05, 3.63) is 68.3 Å². The maximum absolute atomic E-state index is 13.2. The molecule has 0 aliphatic carbocycles. The van der Waals surface area contributed by atoms with Gasteiger partial charge < -0.3 is 14.4 Å². The molecular weight excluding hydrogens is 520 g/mol. The molecule has 0 atom stereocenters. The van der Waals surface area contributed by atoms with Gasteiger partial charge in [-0.3, -0.25) is 20.2 Å². The minimum atomic E-state index is -4.21. The van der Waals surface area contributed by atoms with E-state index in [9.17, 15) is 28.6 Å². The molecule has 1 saturated heterocycles. The van der Waals surface area contributed by atoms with Gasteiger partial charge in [0.25, 0.3) is 11.4 Å². The average molecular weight is 545 g/mol. The minimum absolute atomic E-state index is 0.0525. The van der Waals surface area contributed by atoms with Crippen LogP contribution in [0.5, 0.6) is 11.5 Å². The smallest absolute Gasteiger partial charge is 0.280 e. The lowest BCUT2D eigenvalue weighted by atomic mass is 10.1. The van der Waals surface area contributed by atoms with E-state index in [1.165, 1.54) is 14.0 Å². The average Bonchev–Trinajstić information content (AvgIpc) is 2.92. The fraction of sp³-hybridized carbons (Fsp3) is 0.304. The van der Waals surface area contributed by atoms with Gasteiger partial charge in [0.1, 0.15) is 5.56 Å². The van der Waals surface area contributed by atoms with Crippen LogP contribution in [0.3, 0.4) is 0 Å². The number of benzene rings is 2. The lowest BCUT2D eigenvalue weighted by Crippen LogP contribution is -2.49. The molecule has 38 heavy (non-hydrogen) atoms. The van der Waals surface area contributed by atoms with Crippen molar-refractivity contribution in [2.45, 2.75) is 11.8 Å². The highest BCUT2D eigenvalue weighted by atomic mass is 32.2. The van der Waals surface area contributed by atoms with Crippen LogP contribution in [-0.2, 0) is 10.0 Å². The first kappa shape index (κ1) is 26.7. The molecule has 15 heteroatoms. The number of anilines is 1. The number of methoxy groups -OCH3 is 2. The van der Waals surface area contributed by atoms with E-state index in [0.717, 1.165) is 22.0 Å². The van der Waals surface area contributed by atoms with Gasteiger partial charge in [0, 0.05) is 43.9 Å². The first-order valence-corrected chi connectivity index (χ1v) is 12.8. The third-order valence-corrected chi connectivity index (χ3v) is 8.13. The predicted molar refractivity (Wildman–Crippen MR) is 136 cm³/mol. The van der Waals surface area contributed by atoms with Crippen LogP contribution in [0.15, 0.2) is 47.4 Å². The molecule has 1 aromatic heterocycles. The summed E-state index contributed by atoms with van der Waals surface area (Å²) in [5.74, 6) is 1.69. The van der Waals surface area contributed by atoms with E-state index in [4.69, 9.17) is 9.47 Å². The van der Waals surface area contributed by atoms with E-state index in [2.05, 4.69) is 10.2 Å². The molecule has 0 amide bonds. The van der Waals surface area contributed by atoms with Gasteiger partial charge >= 0.3 is 0 Å². The summed E-state index contributed by atoms with van der Waals surface area (Å²) >= 11 is 0. The van der Waals surface area contributed by atoms with Crippen molar-refractivity contribution >= 4 is 27.2 Å². The molecule has 200 valence electrons. The fourth-order valence-corrected chi connectivity index (χ4v) is 5.60. The highest BCUT2D eigenvalue weighted by Crippen LogP contribution is 2.34. The molecule has 0 radical (unpaired) electrons. The van der Waals surface area contributed by atoms with E-state index in [0.29, 0.717) is 23.0 Å². The quantitative estimate of drug-likeness (QED) is 0.301. The number of nitro groups is 2. The normalized spacial score (nSPS) is 14.2. The van der Waals surface area contributed by atoms with Gasteiger partial charge in [0.15, 0.2) is 17.3 Å². The number of sulfonamides is 1. The Morgan fingerprint density at radius 2 is 1.45 bits per heavy atom. The van der Waals surface area contributed by atoms with E-state index < -0.39 is 36.1 Å². The molecule has 0 N–H and O–H groups in total. The summed E-state index contributed by atoms with van der Waals surface area (Å²) in [4.78, 5) is 22.4. The molecule has 0 saturated carbocycles. The second kappa shape index (κ2) is 10.5. The number of aromatic nitrogens is 2. The molecule has 0 bridgehead atoms. The number of nitrogens with zero attached hydrogens (tertiary/aromatic N) is 6. The number of ether oxygens (including phenoxy) is 2. The minimum Gasteiger partial charge on any atom is -0.493 e. The zero-order valence-electron chi connectivity index (χ0n) is 20.7. The standard InChI is InChI=1S/C23H24N6O8S/c1-15-19(28(30)31)13-17(14-20(15)29(32)33)38(34,35)27-10-8-26(9-11-27)23-7-5-18(24-25-23)16-4-6-21(36-2)22(12-16)37-3/h4-7,12-14H,8-11H2,1-3H3. The fourth-order valence-electron chi connectivity index (χ4n) is 4.14. The van der Waals surface area contributed by atoms with Crippen molar-refractivity contribution in [3.8, 4) is 22.8 Å².